The summed E-state index contributed by atoms with van der Waals surface area (Å²) in [6.45, 7) is 0.787. The third kappa shape index (κ3) is 2.13. The quantitative estimate of drug-likeness (QED) is 0.861. The predicted molar refractivity (Wildman–Crippen MR) is 60.7 cm³/mol. The molecule has 2 aromatic rings. The molecule has 0 aromatic carbocycles. The van der Waals surface area contributed by atoms with Crippen molar-refractivity contribution in [2.24, 2.45) is 0 Å². The van der Waals surface area contributed by atoms with Crippen LogP contribution >= 0.6 is 22.7 Å². The minimum absolute atomic E-state index is 0.770. The fourth-order valence-electron chi connectivity index (χ4n) is 1.10. The molecule has 14 heavy (non-hydrogen) atoms. The number of anilines is 1. The molecule has 0 unspecified atom stereocenters. The molecule has 0 radical (unpaired) electrons. The first kappa shape index (κ1) is 9.25. The van der Waals surface area contributed by atoms with Crippen molar-refractivity contribution >= 4 is 28.4 Å². The van der Waals surface area contributed by atoms with Gasteiger partial charge in [0.05, 0.1) is 0 Å². The van der Waals surface area contributed by atoms with Gasteiger partial charge in [0.2, 0.25) is 0 Å². The molecular weight excluding hydrogens is 212 g/mol. The lowest BCUT2D eigenvalue weighted by Gasteiger charge is -1.99. The van der Waals surface area contributed by atoms with E-state index < -0.39 is 0 Å². The van der Waals surface area contributed by atoms with Crippen LogP contribution in [0, 0.1) is 11.3 Å². The first-order valence-corrected chi connectivity index (χ1v) is 5.94. The zero-order valence-corrected chi connectivity index (χ0v) is 8.99. The SMILES string of the molecule is N#Cc1cc(CNc2ccsc2)cs1. The summed E-state index contributed by atoms with van der Waals surface area (Å²) in [6, 6.07) is 6.10. The molecule has 2 nitrogen and oxygen atoms in total. The number of nitrogens with zero attached hydrogens (tertiary/aromatic N) is 1. The highest BCUT2D eigenvalue weighted by atomic mass is 32.1. The molecule has 2 rings (SSSR count). The van der Waals surface area contributed by atoms with Crippen LogP contribution in [0.3, 0.4) is 0 Å². The maximum Gasteiger partial charge on any atom is 0.110 e. The number of hydrogen-bond donors (Lipinski definition) is 1. The van der Waals surface area contributed by atoms with Gasteiger partial charge in [-0.1, -0.05) is 0 Å². The lowest BCUT2D eigenvalue weighted by atomic mass is 10.3. The van der Waals surface area contributed by atoms with Gasteiger partial charge in [-0.15, -0.1) is 11.3 Å². The van der Waals surface area contributed by atoms with Crippen molar-refractivity contribution in [2.45, 2.75) is 6.54 Å². The number of thiophene rings is 2. The van der Waals surface area contributed by atoms with Gasteiger partial charge in [0.1, 0.15) is 10.9 Å². The second kappa shape index (κ2) is 4.27. The molecule has 0 amide bonds. The Balaban J connectivity index is 1.96. The average molecular weight is 220 g/mol. The standard InChI is InChI=1S/C10H8N2S2/c11-4-10-3-8(6-14-10)5-12-9-1-2-13-7-9/h1-3,6-7,12H,5H2. The van der Waals surface area contributed by atoms with E-state index in [1.807, 2.05) is 22.9 Å². The summed E-state index contributed by atoms with van der Waals surface area (Å²) in [6.07, 6.45) is 0. The molecule has 0 aliphatic rings. The molecule has 0 spiro atoms. The third-order valence-electron chi connectivity index (χ3n) is 1.78. The molecule has 70 valence electrons. The molecule has 0 saturated heterocycles. The van der Waals surface area contributed by atoms with Crippen molar-refractivity contribution in [3.05, 3.63) is 38.7 Å². The smallest absolute Gasteiger partial charge is 0.110 e. The maximum atomic E-state index is 8.64. The lowest BCUT2D eigenvalue weighted by molar-refractivity contribution is 1.17. The van der Waals surface area contributed by atoms with Gasteiger partial charge in [-0.25, -0.2) is 0 Å². The van der Waals surface area contributed by atoms with Crippen molar-refractivity contribution in [1.82, 2.24) is 0 Å². The molecule has 1 N–H and O–H groups in total. The van der Waals surface area contributed by atoms with E-state index in [0.29, 0.717) is 0 Å². The summed E-state index contributed by atoms with van der Waals surface area (Å²) >= 11 is 3.16. The Morgan fingerprint density at radius 2 is 2.36 bits per heavy atom. The van der Waals surface area contributed by atoms with E-state index in [0.717, 1.165) is 22.7 Å². The van der Waals surface area contributed by atoms with Crippen LogP contribution in [0.15, 0.2) is 28.3 Å². The summed E-state index contributed by atoms with van der Waals surface area (Å²) < 4.78 is 0. The molecule has 0 aliphatic heterocycles. The summed E-state index contributed by atoms with van der Waals surface area (Å²) in [7, 11) is 0. The Bertz CT molecular complexity index is 437. The monoisotopic (exact) mass is 220 g/mol. The normalized spacial score (nSPS) is 9.64. The fourth-order valence-corrected chi connectivity index (χ4v) is 2.41. The molecule has 0 fully saturated rings. The largest absolute Gasteiger partial charge is 0.380 e. The van der Waals surface area contributed by atoms with E-state index in [4.69, 9.17) is 5.26 Å². The Kier molecular flexibility index (Phi) is 2.82. The number of nitriles is 1. The van der Waals surface area contributed by atoms with Crippen LogP contribution in [-0.2, 0) is 6.54 Å². The third-order valence-corrected chi connectivity index (χ3v) is 3.35. The van der Waals surface area contributed by atoms with Crippen molar-refractivity contribution < 1.29 is 0 Å². The minimum atomic E-state index is 0.770. The number of hydrogen-bond acceptors (Lipinski definition) is 4. The first-order chi connectivity index (χ1) is 6.88. The van der Waals surface area contributed by atoms with Gasteiger partial charge in [-0.3, -0.25) is 0 Å². The fraction of sp³-hybridized carbons (Fsp3) is 0.100. The Morgan fingerprint density at radius 1 is 1.43 bits per heavy atom. The average Bonchev–Trinajstić information content (AvgIpc) is 2.86. The zero-order chi connectivity index (χ0) is 9.80. The van der Waals surface area contributed by atoms with Crippen molar-refractivity contribution in [2.75, 3.05) is 5.32 Å². The topological polar surface area (TPSA) is 35.8 Å². The molecule has 0 aliphatic carbocycles. The van der Waals surface area contributed by atoms with Crippen molar-refractivity contribution in [3.63, 3.8) is 0 Å². The van der Waals surface area contributed by atoms with Crippen LogP contribution in [0.1, 0.15) is 10.4 Å². The van der Waals surface area contributed by atoms with Crippen LogP contribution in [-0.4, -0.2) is 0 Å². The Morgan fingerprint density at radius 3 is 3.00 bits per heavy atom. The van der Waals surface area contributed by atoms with Gasteiger partial charge in [-0.05, 0) is 28.5 Å². The summed E-state index contributed by atoms with van der Waals surface area (Å²) in [4.78, 5) is 0.770. The number of nitrogens with one attached hydrogen (secondary N) is 1. The first-order valence-electron chi connectivity index (χ1n) is 4.12. The number of rotatable bonds is 3. The Labute approximate surface area is 90.4 Å². The molecule has 2 aromatic heterocycles. The van der Waals surface area contributed by atoms with Gasteiger partial charge in [0.15, 0.2) is 0 Å². The molecule has 2 heterocycles. The summed E-state index contributed by atoms with van der Waals surface area (Å²) in [5.41, 5.74) is 2.30. The summed E-state index contributed by atoms with van der Waals surface area (Å²) in [5.74, 6) is 0. The maximum absolute atomic E-state index is 8.64. The van der Waals surface area contributed by atoms with Gasteiger partial charge in [-0.2, -0.15) is 16.6 Å². The van der Waals surface area contributed by atoms with Crippen molar-refractivity contribution in [3.8, 4) is 6.07 Å². The minimum Gasteiger partial charge on any atom is -0.380 e. The van der Waals surface area contributed by atoms with Gasteiger partial charge >= 0.3 is 0 Å². The van der Waals surface area contributed by atoms with E-state index in [1.165, 1.54) is 11.3 Å². The van der Waals surface area contributed by atoms with Crippen LogP contribution < -0.4 is 5.32 Å². The molecule has 0 bridgehead atoms. The molecule has 4 heteroatoms. The second-order valence-corrected chi connectivity index (χ2v) is 4.49. The van der Waals surface area contributed by atoms with Crippen LogP contribution in [0.4, 0.5) is 5.69 Å². The van der Waals surface area contributed by atoms with Crippen LogP contribution in [0.2, 0.25) is 0 Å². The molecule has 0 saturated carbocycles. The Hall–Kier alpha value is -1.31. The molecular formula is C10H8N2S2. The van der Waals surface area contributed by atoms with E-state index >= 15 is 0 Å². The van der Waals surface area contributed by atoms with E-state index in [9.17, 15) is 0 Å². The van der Waals surface area contributed by atoms with E-state index in [-0.39, 0.29) is 0 Å². The predicted octanol–water partition coefficient (Wildman–Crippen LogP) is 3.29. The summed E-state index contributed by atoms with van der Waals surface area (Å²) in [5, 5.41) is 18.0. The highest BCUT2D eigenvalue weighted by molar-refractivity contribution is 7.10. The zero-order valence-electron chi connectivity index (χ0n) is 7.36. The van der Waals surface area contributed by atoms with E-state index in [1.54, 1.807) is 11.3 Å². The second-order valence-electron chi connectivity index (χ2n) is 2.80. The highest BCUT2D eigenvalue weighted by Gasteiger charge is 1.98. The lowest BCUT2D eigenvalue weighted by Crippen LogP contribution is -1.95. The van der Waals surface area contributed by atoms with E-state index in [2.05, 4.69) is 16.8 Å². The highest BCUT2D eigenvalue weighted by Crippen LogP contribution is 2.16. The van der Waals surface area contributed by atoms with Gasteiger partial charge < -0.3 is 5.32 Å². The van der Waals surface area contributed by atoms with Crippen LogP contribution in [0.5, 0.6) is 0 Å². The molecule has 0 atom stereocenters. The van der Waals surface area contributed by atoms with Crippen LogP contribution in [0.25, 0.3) is 0 Å². The van der Waals surface area contributed by atoms with Gasteiger partial charge in [0.25, 0.3) is 0 Å². The van der Waals surface area contributed by atoms with Gasteiger partial charge in [0, 0.05) is 17.6 Å². The van der Waals surface area contributed by atoms with Crippen molar-refractivity contribution in [1.29, 1.82) is 5.26 Å².